The second-order valence-corrected chi connectivity index (χ2v) is 5.31. The molecule has 2 nitrogen and oxygen atoms in total. The quantitative estimate of drug-likeness (QED) is 0.477. The van der Waals surface area contributed by atoms with E-state index in [-0.39, 0.29) is 38.5 Å². The monoisotopic (exact) mass is 477 g/mol. The molecule has 1 radical (unpaired) electrons. The number of benzene rings is 1. The molecule has 0 unspecified atom stereocenters. The van der Waals surface area contributed by atoms with Gasteiger partial charge in [0.1, 0.15) is 0 Å². The largest absolute Gasteiger partial charge is 0.491 e. The van der Waals surface area contributed by atoms with Crippen LogP contribution in [-0.4, -0.2) is 18.6 Å². The molecule has 6 heteroatoms. The molecule has 1 aliphatic heterocycles. The van der Waals surface area contributed by atoms with Crippen LogP contribution in [0.2, 0.25) is 0 Å². The molecule has 2 rings (SSSR count). The third-order valence-corrected chi connectivity index (χ3v) is 3.93. The summed E-state index contributed by atoms with van der Waals surface area (Å²) in [5.41, 5.74) is 1.79. The minimum absolute atomic E-state index is 0. The molecule has 0 bridgehead atoms. The first-order valence-electron chi connectivity index (χ1n) is 5.99. The molecule has 1 heterocycles. The van der Waals surface area contributed by atoms with Crippen molar-refractivity contribution in [1.29, 1.82) is 0 Å². The molecule has 0 amide bonds. The van der Waals surface area contributed by atoms with Gasteiger partial charge < -0.3 is 9.64 Å². The third-order valence-electron chi connectivity index (χ3n) is 3.00. The van der Waals surface area contributed by atoms with E-state index in [4.69, 9.17) is 0 Å². The van der Waals surface area contributed by atoms with Gasteiger partial charge in [0.05, 0.1) is 7.11 Å². The Kier molecular flexibility index (Phi) is 7.01. The van der Waals surface area contributed by atoms with Crippen molar-refractivity contribution in [3.8, 4) is 5.75 Å². The van der Waals surface area contributed by atoms with Gasteiger partial charge in [-0.3, -0.25) is 0 Å². The first kappa shape index (κ1) is 18.8. The molecule has 21 heavy (non-hydrogen) atoms. The second-order valence-electron chi connectivity index (χ2n) is 4.15. The number of hydrogen-bond acceptors (Lipinski definition) is 2. The number of allylic oxidation sites excluding steroid dienone is 3. The molecule has 0 fully saturated rings. The van der Waals surface area contributed by atoms with Gasteiger partial charge in [-0.25, -0.2) is 8.78 Å². The summed E-state index contributed by atoms with van der Waals surface area (Å²) in [5, 5.41) is 0. The van der Waals surface area contributed by atoms with E-state index in [1.165, 1.54) is 19.2 Å². The smallest absolute Gasteiger partial charge is 0.188 e. The SMILES string of the molecule is C=C1C(I)=C[C-]=C(c2cc(F)c(OC)c(F)c2)N1CC.[Y]. The Morgan fingerprint density at radius 3 is 2.38 bits per heavy atom. The number of ether oxygens (including phenoxy) is 1. The maximum atomic E-state index is 13.8. The van der Waals surface area contributed by atoms with Gasteiger partial charge in [0, 0.05) is 39.3 Å². The van der Waals surface area contributed by atoms with Crippen LogP contribution in [0, 0.1) is 17.7 Å². The van der Waals surface area contributed by atoms with Gasteiger partial charge in [-0.15, -0.1) is 22.6 Å². The molecule has 1 aromatic carbocycles. The molecule has 1 aromatic rings. The summed E-state index contributed by atoms with van der Waals surface area (Å²) in [6, 6.07) is 2.48. The molecule has 0 saturated carbocycles. The van der Waals surface area contributed by atoms with E-state index >= 15 is 0 Å². The van der Waals surface area contributed by atoms with Crippen molar-refractivity contribution in [2.45, 2.75) is 6.92 Å². The van der Waals surface area contributed by atoms with Crippen LogP contribution in [0.5, 0.6) is 5.75 Å². The van der Waals surface area contributed by atoms with E-state index in [0.717, 1.165) is 9.28 Å². The number of nitrogens with zero attached hydrogens (tertiary/aromatic N) is 1. The van der Waals surface area contributed by atoms with Crippen LogP contribution in [0.3, 0.4) is 0 Å². The Bertz CT molecular complexity index is 605. The van der Waals surface area contributed by atoms with Gasteiger partial charge in [-0.1, -0.05) is 33.6 Å². The Hall–Kier alpha value is -0.266. The predicted molar refractivity (Wildman–Crippen MR) is 83.2 cm³/mol. The van der Waals surface area contributed by atoms with Gasteiger partial charge in [0.15, 0.2) is 17.4 Å². The second kappa shape index (κ2) is 7.83. The van der Waals surface area contributed by atoms with E-state index in [9.17, 15) is 8.78 Å². The van der Waals surface area contributed by atoms with E-state index in [2.05, 4.69) is 40.0 Å². The minimum Gasteiger partial charge on any atom is -0.491 e. The summed E-state index contributed by atoms with van der Waals surface area (Å²) in [5.74, 6) is -1.84. The van der Waals surface area contributed by atoms with Crippen molar-refractivity contribution in [3.05, 3.63) is 57.3 Å². The molecule has 0 atom stereocenters. The maximum Gasteiger partial charge on any atom is 0.188 e. The van der Waals surface area contributed by atoms with Crippen LogP contribution in [0.15, 0.2) is 34.1 Å². The Morgan fingerprint density at radius 1 is 1.33 bits per heavy atom. The van der Waals surface area contributed by atoms with Crippen molar-refractivity contribution >= 4 is 28.3 Å². The molecule has 109 valence electrons. The Balaban J connectivity index is 0.00000220. The molecule has 0 saturated heterocycles. The summed E-state index contributed by atoms with van der Waals surface area (Å²) in [7, 11) is 1.23. The normalized spacial score (nSPS) is 14.3. The zero-order valence-electron chi connectivity index (χ0n) is 11.7. The zero-order valence-corrected chi connectivity index (χ0v) is 16.7. The molecule has 0 spiro atoms. The van der Waals surface area contributed by atoms with Gasteiger partial charge in [-0.05, 0) is 12.6 Å². The minimum atomic E-state index is -0.734. The number of rotatable bonds is 3. The van der Waals surface area contributed by atoms with Crippen LogP contribution in [0.1, 0.15) is 12.5 Å². The van der Waals surface area contributed by atoms with Crippen molar-refractivity contribution < 1.29 is 46.2 Å². The fraction of sp³-hybridized carbons (Fsp3) is 0.200. The van der Waals surface area contributed by atoms with Crippen LogP contribution in [0.25, 0.3) is 5.70 Å². The Labute approximate surface area is 161 Å². The van der Waals surface area contributed by atoms with E-state index in [1.54, 1.807) is 6.08 Å². The Morgan fingerprint density at radius 2 is 1.90 bits per heavy atom. The third kappa shape index (κ3) is 3.74. The number of methoxy groups -OCH3 is 1. The standard InChI is InChI=1S/C15H13F2INO.Y/c1-4-19-9(2)13(18)5-6-14(19)10-7-11(16)15(20-3)12(17)8-10;/h5,7-8H,2,4H2,1,3H3;/q-1;. The summed E-state index contributed by atoms with van der Waals surface area (Å²) < 4.78 is 33.2. The molecular weight excluding hydrogens is 464 g/mol. The molecule has 1 aliphatic rings. The van der Waals surface area contributed by atoms with Crippen molar-refractivity contribution in [2.75, 3.05) is 13.7 Å². The van der Waals surface area contributed by atoms with Crippen LogP contribution >= 0.6 is 22.6 Å². The number of halogens is 3. The topological polar surface area (TPSA) is 12.5 Å². The average Bonchev–Trinajstić information content (AvgIpc) is 2.41. The molecule has 0 aliphatic carbocycles. The number of hydrogen-bond donors (Lipinski definition) is 0. The first-order valence-corrected chi connectivity index (χ1v) is 7.06. The van der Waals surface area contributed by atoms with Crippen LogP contribution in [-0.2, 0) is 32.7 Å². The van der Waals surface area contributed by atoms with E-state index in [1.807, 2.05) is 11.8 Å². The number of likely N-dealkylation sites (N-methyl/N-ethyl adjacent to an activating group) is 1. The molecule has 0 aromatic heterocycles. The average molecular weight is 477 g/mol. The molecule has 0 N–H and O–H groups in total. The summed E-state index contributed by atoms with van der Waals surface area (Å²) in [4.78, 5) is 1.86. The first-order chi connectivity index (χ1) is 9.49. The fourth-order valence-electron chi connectivity index (χ4n) is 2.04. The summed E-state index contributed by atoms with van der Waals surface area (Å²) >= 11 is 2.15. The van der Waals surface area contributed by atoms with Crippen LogP contribution in [0.4, 0.5) is 8.78 Å². The summed E-state index contributed by atoms with van der Waals surface area (Å²) in [6.07, 6.45) is 4.80. The van der Waals surface area contributed by atoms with E-state index < -0.39 is 11.6 Å². The zero-order chi connectivity index (χ0) is 14.9. The maximum absolute atomic E-state index is 13.8. The van der Waals surface area contributed by atoms with Gasteiger partial charge >= 0.3 is 0 Å². The van der Waals surface area contributed by atoms with Gasteiger partial charge in [0.25, 0.3) is 0 Å². The van der Waals surface area contributed by atoms with Crippen molar-refractivity contribution in [3.63, 3.8) is 0 Å². The molecular formula is C15H13F2INOY-. The van der Waals surface area contributed by atoms with Crippen LogP contribution < -0.4 is 4.74 Å². The summed E-state index contributed by atoms with van der Waals surface area (Å²) in [6.45, 7) is 6.56. The van der Waals surface area contributed by atoms with Gasteiger partial charge in [-0.2, -0.15) is 12.2 Å². The van der Waals surface area contributed by atoms with Gasteiger partial charge in [0.2, 0.25) is 0 Å². The predicted octanol–water partition coefficient (Wildman–Crippen LogP) is 4.28. The van der Waals surface area contributed by atoms with E-state index in [0.29, 0.717) is 17.8 Å². The van der Waals surface area contributed by atoms with Crippen molar-refractivity contribution in [1.82, 2.24) is 4.90 Å². The fourth-order valence-corrected chi connectivity index (χ4v) is 2.48. The van der Waals surface area contributed by atoms with Crippen molar-refractivity contribution in [2.24, 2.45) is 0 Å².